The van der Waals surface area contributed by atoms with E-state index >= 15 is 0 Å². The molecule has 0 spiro atoms. The fourth-order valence-electron chi connectivity index (χ4n) is 3.96. The summed E-state index contributed by atoms with van der Waals surface area (Å²) in [6, 6.07) is 9.50. The number of carbonyl (C=O) groups excluding carboxylic acids is 4. The van der Waals surface area contributed by atoms with Gasteiger partial charge >= 0.3 is 18.0 Å². The van der Waals surface area contributed by atoms with Crippen molar-refractivity contribution in [2.45, 2.75) is 31.0 Å². The average Bonchev–Trinajstić information content (AvgIpc) is 3.10. The topological polar surface area (TPSA) is 232 Å². The van der Waals surface area contributed by atoms with Gasteiger partial charge in [0.15, 0.2) is 6.04 Å². The van der Waals surface area contributed by atoms with Crippen molar-refractivity contribution in [3.05, 3.63) is 71.3 Å². The molecule has 204 valence electrons. The lowest BCUT2D eigenvalue weighted by atomic mass is 9.91. The van der Waals surface area contributed by atoms with E-state index in [1.165, 1.54) is 43.3 Å². The lowest BCUT2D eigenvalue weighted by molar-refractivity contribution is -0.144. The number of hydrogen-bond donors (Lipinski definition) is 7. The minimum Gasteiger partial charge on any atom is -0.481 e. The fraction of sp³-hybridized carbons (Fsp3) is 0.240. The van der Waals surface area contributed by atoms with Gasteiger partial charge in [0.25, 0.3) is 5.91 Å². The number of carboxylic acids is 2. The Hall–Kier alpha value is -5.27. The van der Waals surface area contributed by atoms with Gasteiger partial charge in [-0.25, -0.2) is 9.59 Å². The summed E-state index contributed by atoms with van der Waals surface area (Å²) in [6.07, 6.45) is -0.890. The third kappa shape index (κ3) is 6.36. The largest absolute Gasteiger partial charge is 0.481 e. The Bertz CT molecular complexity index is 1330. The number of benzene rings is 2. The summed E-state index contributed by atoms with van der Waals surface area (Å²) < 4.78 is 0. The molecule has 0 aromatic heterocycles. The number of urea groups is 1. The summed E-state index contributed by atoms with van der Waals surface area (Å²) in [5.74, 6) is -5.96. The average molecular weight is 539 g/mol. The highest BCUT2D eigenvalue weighted by atomic mass is 16.4. The van der Waals surface area contributed by atoms with E-state index in [-0.39, 0.29) is 11.4 Å². The van der Waals surface area contributed by atoms with E-state index in [1.807, 2.05) is 0 Å². The van der Waals surface area contributed by atoms with Gasteiger partial charge in [-0.2, -0.15) is 0 Å². The number of rotatable bonds is 11. The fourth-order valence-corrected chi connectivity index (χ4v) is 3.96. The lowest BCUT2D eigenvalue weighted by Crippen LogP contribution is -2.52. The van der Waals surface area contributed by atoms with Crippen molar-refractivity contribution in [1.82, 2.24) is 20.9 Å². The first kappa shape index (κ1) is 28.3. The number of hydrogen-bond acceptors (Lipinski definition) is 7. The van der Waals surface area contributed by atoms with E-state index in [0.717, 1.165) is 0 Å². The minimum atomic E-state index is -1.70. The summed E-state index contributed by atoms with van der Waals surface area (Å²) in [5, 5.41) is 33.1. The molecule has 0 aliphatic carbocycles. The summed E-state index contributed by atoms with van der Waals surface area (Å²) in [6.45, 7) is 0.584. The summed E-state index contributed by atoms with van der Waals surface area (Å²) in [4.78, 5) is 74.9. The molecule has 8 N–H and O–H groups in total. The first-order chi connectivity index (χ1) is 18.3. The van der Waals surface area contributed by atoms with Gasteiger partial charge in [0.2, 0.25) is 11.8 Å². The van der Waals surface area contributed by atoms with Crippen LogP contribution in [0.2, 0.25) is 0 Å². The van der Waals surface area contributed by atoms with Crippen LogP contribution in [0.15, 0.2) is 54.6 Å². The van der Waals surface area contributed by atoms with Gasteiger partial charge in [0.1, 0.15) is 24.0 Å². The number of aliphatic carboxylic acids is 2. The summed E-state index contributed by atoms with van der Waals surface area (Å²) in [5.41, 5.74) is 4.87. The maximum Gasteiger partial charge on any atom is 0.330 e. The number of imide groups is 1. The molecule has 1 saturated heterocycles. The van der Waals surface area contributed by atoms with Crippen molar-refractivity contribution in [3.8, 4) is 0 Å². The molecule has 5 amide bonds. The van der Waals surface area contributed by atoms with Gasteiger partial charge in [-0.05, 0) is 18.1 Å². The second-order valence-corrected chi connectivity index (χ2v) is 8.85. The van der Waals surface area contributed by atoms with Gasteiger partial charge in [0, 0.05) is 5.56 Å². The molecule has 14 nitrogen and oxygen atoms in total. The number of carbonyl (C=O) groups is 6. The summed E-state index contributed by atoms with van der Waals surface area (Å²) >= 11 is 0. The maximum atomic E-state index is 13.1. The number of amidine groups is 1. The Morgan fingerprint density at radius 2 is 1.64 bits per heavy atom. The number of nitrogens with zero attached hydrogens (tertiary/aromatic N) is 1. The van der Waals surface area contributed by atoms with Crippen molar-refractivity contribution in [2.75, 3.05) is 6.54 Å². The van der Waals surface area contributed by atoms with E-state index < -0.39 is 66.3 Å². The molecule has 1 aliphatic rings. The predicted octanol–water partition coefficient (Wildman–Crippen LogP) is -0.361. The van der Waals surface area contributed by atoms with Gasteiger partial charge in [-0.1, -0.05) is 54.6 Å². The monoisotopic (exact) mass is 538 g/mol. The molecule has 14 heteroatoms. The van der Waals surface area contributed by atoms with E-state index in [2.05, 4.69) is 16.0 Å². The zero-order valence-electron chi connectivity index (χ0n) is 20.6. The number of amides is 5. The normalized spacial score (nSPS) is 18.0. The quantitative estimate of drug-likeness (QED) is 0.112. The molecule has 1 aliphatic heterocycles. The van der Waals surface area contributed by atoms with Crippen LogP contribution in [0.5, 0.6) is 0 Å². The minimum absolute atomic E-state index is 0.190. The number of nitrogens with one attached hydrogen (secondary N) is 4. The van der Waals surface area contributed by atoms with E-state index in [9.17, 15) is 39.0 Å². The third-order valence-corrected chi connectivity index (χ3v) is 6.05. The van der Waals surface area contributed by atoms with Crippen LogP contribution >= 0.6 is 0 Å². The Morgan fingerprint density at radius 1 is 1.03 bits per heavy atom. The smallest absolute Gasteiger partial charge is 0.330 e. The van der Waals surface area contributed by atoms with Crippen molar-refractivity contribution in [3.63, 3.8) is 0 Å². The second kappa shape index (κ2) is 11.4. The molecule has 0 unspecified atom stereocenters. The van der Waals surface area contributed by atoms with Crippen LogP contribution in [0.4, 0.5) is 4.79 Å². The lowest BCUT2D eigenvalue weighted by Gasteiger charge is -2.23. The van der Waals surface area contributed by atoms with Crippen LogP contribution in [0.3, 0.4) is 0 Å². The Balaban J connectivity index is 1.73. The molecular weight excluding hydrogens is 512 g/mol. The number of nitrogens with two attached hydrogens (primary N) is 1. The molecule has 0 bridgehead atoms. The second-order valence-electron chi connectivity index (χ2n) is 8.85. The molecule has 3 rings (SSSR count). The van der Waals surface area contributed by atoms with Gasteiger partial charge in [-0.15, -0.1) is 0 Å². The molecule has 0 saturated carbocycles. The standard InChI is InChI=1S/C25H26N6O8/c1-25(15-9-7-14(8-10-15)20(26)27)23(38)31(24(39)30-25)12-17(32)28-16(11-18(33)34)21(35)29-19(22(36)37)13-5-3-2-4-6-13/h2-10,16,19H,11-12H2,1H3,(H3,26,27)(H,28,32)(H,29,35)(H,30,39)(H,33,34)(H,36,37)/t16-,19-,25+/m0/s1. The highest BCUT2D eigenvalue weighted by Crippen LogP contribution is 2.29. The zero-order chi connectivity index (χ0) is 28.9. The molecule has 3 atom stereocenters. The van der Waals surface area contributed by atoms with E-state index in [4.69, 9.17) is 11.1 Å². The molecule has 1 heterocycles. The first-order valence-electron chi connectivity index (χ1n) is 11.5. The van der Waals surface area contributed by atoms with Crippen LogP contribution < -0.4 is 21.7 Å². The molecule has 0 radical (unpaired) electrons. The number of carboxylic acid groups (broad SMARTS) is 2. The molecule has 2 aromatic rings. The van der Waals surface area contributed by atoms with Crippen LogP contribution in [0.1, 0.15) is 36.1 Å². The predicted molar refractivity (Wildman–Crippen MR) is 134 cm³/mol. The van der Waals surface area contributed by atoms with E-state index in [0.29, 0.717) is 16.0 Å². The summed E-state index contributed by atoms with van der Waals surface area (Å²) in [7, 11) is 0. The number of nitrogen functional groups attached to an aromatic ring is 1. The molecular formula is C25H26N6O8. The zero-order valence-corrected chi connectivity index (χ0v) is 20.6. The SMILES string of the molecule is C[C@]1(c2ccc(C(=N)N)cc2)NC(=O)N(CC(=O)N[C@@H](CC(=O)O)C(=O)N[C@H](C(=O)O)c2ccccc2)C1=O. The third-order valence-electron chi connectivity index (χ3n) is 6.05. The van der Waals surface area contributed by atoms with Gasteiger partial charge in [0.05, 0.1) is 6.42 Å². The molecule has 2 aromatic carbocycles. The molecule has 1 fully saturated rings. The highest BCUT2D eigenvalue weighted by molar-refractivity contribution is 6.09. The first-order valence-corrected chi connectivity index (χ1v) is 11.5. The van der Waals surface area contributed by atoms with E-state index in [1.54, 1.807) is 18.2 Å². The van der Waals surface area contributed by atoms with Gasteiger partial charge in [-0.3, -0.25) is 29.5 Å². The Labute approximate surface area is 221 Å². The Morgan fingerprint density at radius 3 is 2.18 bits per heavy atom. The van der Waals surface area contributed by atoms with Crippen molar-refractivity contribution in [2.24, 2.45) is 5.73 Å². The van der Waals surface area contributed by atoms with Crippen LogP contribution in [-0.4, -0.2) is 69.2 Å². The highest BCUT2D eigenvalue weighted by Gasteiger charge is 2.49. The van der Waals surface area contributed by atoms with Crippen LogP contribution in [-0.2, 0) is 29.5 Å². The molecule has 39 heavy (non-hydrogen) atoms. The van der Waals surface area contributed by atoms with Crippen molar-refractivity contribution >= 4 is 41.5 Å². The Kier molecular flexibility index (Phi) is 8.28. The van der Waals surface area contributed by atoms with Gasteiger partial charge < -0.3 is 31.9 Å². The van der Waals surface area contributed by atoms with Crippen molar-refractivity contribution in [1.29, 1.82) is 5.41 Å². The maximum absolute atomic E-state index is 13.1. The van der Waals surface area contributed by atoms with Crippen LogP contribution in [0.25, 0.3) is 0 Å². The van der Waals surface area contributed by atoms with Crippen LogP contribution in [0, 0.1) is 5.41 Å². The van der Waals surface area contributed by atoms with Crippen molar-refractivity contribution < 1.29 is 39.0 Å².